The van der Waals surface area contributed by atoms with Gasteiger partial charge in [-0.3, -0.25) is 4.57 Å². The minimum atomic E-state index is -0.0622. The number of pyridine rings is 1. The predicted octanol–water partition coefficient (Wildman–Crippen LogP) is 11.1. The zero-order chi connectivity index (χ0) is 38.0. The van der Waals surface area contributed by atoms with Gasteiger partial charge in [-0.1, -0.05) is 93.6 Å². The first kappa shape index (κ1) is 32.6. The van der Waals surface area contributed by atoms with Gasteiger partial charge in [-0.25, -0.2) is 4.98 Å². The van der Waals surface area contributed by atoms with Crippen molar-refractivity contribution >= 4 is 76.5 Å². The van der Waals surface area contributed by atoms with E-state index in [0.29, 0.717) is 0 Å². The van der Waals surface area contributed by atoms with E-state index in [1.807, 2.05) is 29.9 Å². The van der Waals surface area contributed by atoms with E-state index >= 15 is 0 Å². The zero-order valence-corrected chi connectivity index (χ0v) is 32.3. The van der Waals surface area contributed by atoms with E-state index in [1.54, 1.807) is 0 Å². The van der Waals surface area contributed by atoms with Crippen molar-refractivity contribution in [1.82, 2.24) is 23.3 Å². The molecule has 272 valence electrons. The van der Waals surface area contributed by atoms with Crippen LogP contribution in [-0.2, 0) is 26.6 Å². The summed E-state index contributed by atoms with van der Waals surface area (Å²) in [5, 5.41) is 7.38. The van der Waals surface area contributed by atoms with Crippen molar-refractivity contribution in [1.29, 1.82) is 0 Å². The minimum Gasteiger partial charge on any atom is -0.458 e. The van der Waals surface area contributed by atoms with Crippen LogP contribution in [0.2, 0.25) is 0 Å². The molecule has 0 atom stereocenters. The molecule has 0 spiro atoms. The van der Waals surface area contributed by atoms with Gasteiger partial charge < -0.3 is 23.0 Å². The summed E-state index contributed by atoms with van der Waals surface area (Å²) in [5.41, 5.74) is 11.3. The highest BCUT2D eigenvalue weighted by molar-refractivity contribution is 6.40. The highest BCUT2D eigenvalue weighted by Crippen LogP contribution is 2.48. The van der Waals surface area contributed by atoms with Gasteiger partial charge in [-0.2, -0.15) is 0 Å². The van der Waals surface area contributed by atoms with Crippen molar-refractivity contribution in [2.24, 2.45) is 21.1 Å². The van der Waals surface area contributed by atoms with Gasteiger partial charge in [0.15, 0.2) is 0 Å². The first-order valence-electron chi connectivity index (χ1n) is 19.2. The number of aryl methyl sites for hydroxylation is 3. The van der Waals surface area contributed by atoms with Crippen molar-refractivity contribution in [3.63, 3.8) is 0 Å². The monoisotopic (exact) mass is 728 g/mol. The first-order chi connectivity index (χ1) is 27.2. The number of fused-ring (bicyclic) bond motifs is 13. The molecule has 0 radical (unpaired) electrons. The Hall–Kier alpha value is -6.86. The highest BCUT2D eigenvalue weighted by atomic mass is 16.5. The normalized spacial score (nSPS) is 12.5. The van der Waals surface area contributed by atoms with Gasteiger partial charge in [0.2, 0.25) is 6.33 Å². The Labute approximate surface area is 323 Å². The molecule has 0 aliphatic heterocycles. The van der Waals surface area contributed by atoms with E-state index in [-0.39, 0.29) is 5.41 Å². The molecule has 0 aliphatic rings. The lowest BCUT2D eigenvalue weighted by molar-refractivity contribution is -0.572. The van der Waals surface area contributed by atoms with Crippen LogP contribution in [0.5, 0.6) is 11.5 Å². The number of rotatable bonds is 4. The maximum absolute atomic E-state index is 6.77. The molecule has 5 aromatic heterocycles. The lowest BCUT2D eigenvalue weighted by Gasteiger charge is -2.20. The molecule has 0 unspecified atom stereocenters. The number of para-hydroxylation sites is 4. The zero-order valence-electron chi connectivity index (χ0n) is 32.3. The van der Waals surface area contributed by atoms with Crippen LogP contribution >= 0.6 is 0 Å². The third kappa shape index (κ3) is 4.51. The van der Waals surface area contributed by atoms with Crippen LogP contribution < -0.4 is 9.30 Å². The fourth-order valence-corrected chi connectivity index (χ4v) is 9.12. The van der Waals surface area contributed by atoms with Gasteiger partial charge in [0.25, 0.3) is 0 Å². The summed E-state index contributed by atoms with van der Waals surface area (Å²) in [6.45, 7) is 6.77. The fourth-order valence-electron chi connectivity index (χ4n) is 9.12. The molecule has 0 fully saturated rings. The van der Waals surface area contributed by atoms with Crippen molar-refractivity contribution in [2.75, 3.05) is 0 Å². The largest absolute Gasteiger partial charge is 0.458 e. The number of aromatic nitrogens is 6. The van der Waals surface area contributed by atoms with E-state index < -0.39 is 0 Å². The van der Waals surface area contributed by atoms with E-state index in [4.69, 9.17) is 9.72 Å². The molecular formula is C49H40N6O. The van der Waals surface area contributed by atoms with Crippen LogP contribution in [0.1, 0.15) is 26.3 Å². The molecule has 0 bridgehead atoms. The molecule has 0 saturated carbocycles. The Morgan fingerprint density at radius 3 is 1.96 bits per heavy atom. The predicted molar refractivity (Wildman–Crippen MR) is 229 cm³/mol. The Kier molecular flexibility index (Phi) is 6.73. The van der Waals surface area contributed by atoms with Gasteiger partial charge in [0.1, 0.15) is 17.3 Å². The summed E-state index contributed by atoms with van der Waals surface area (Å²) >= 11 is 0. The van der Waals surface area contributed by atoms with Crippen LogP contribution in [0.15, 0.2) is 134 Å². The lowest BCUT2D eigenvalue weighted by atomic mass is 9.88. The fraction of sp³-hybridized carbons (Fsp3) is 0.143. The second kappa shape index (κ2) is 11.6. The standard InChI is InChI=1S/C49H40N6O/c1-49(2,3)30-24-25-50-42(26-30)55-41-28-33(56-32-15-13-14-31(27-32)54-29-51(4)39-20-11-12-21-40(39)54)22-23-36(41)45-46-43(34-16-7-9-18-37(34)52(46)5)44-35-17-8-10-19-38(35)53(6)47(44)48(45)55/h7-28H,1-6H3. The van der Waals surface area contributed by atoms with E-state index in [2.05, 4.69) is 175 Å². The Morgan fingerprint density at radius 1 is 0.571 bits per heavy atom. The van der Waals surface area contributed by atoms with Gasteiger partial charge >= 0.3 is 0 Å². The topological polar surface area (TPSA) is 45.7 Å². The summed E-state index contributed by atoms with van der Waals surface area (Å²) in [6, 6.07) is 45.1. The minimum absolute atomic E-state index is 0.0622. The number of benzene rings is 6. The van der Waals surface area contributed by atoms with Crippen LogP contribution in [0.4, 0.5) is 0 Å². The molecule has 56 heavy (non-hydrogen) atoms. The Morgan fingerprint density at radius 2 is 1.21 bits per heavy atom. The Balaban J connectivity index is 1.23. The average molecular weight is 729 g/mol. The summed E-state index contributed by atoms with van der Waals surface area (Å²) in [4.78, 5) is 5.11. The van der Waals surface area contributed by atoms with Gasteiger partial charge in [0, 0.05) is 69.7 Å². The Bertz CT molecular complexity index is 3420. The third-order valence-corrected chi connectivity index (χ3v) is 11.8. The van der Waals surface area contributed by atoms with Gasteiger partial charge in [-0.15, -0.1) is 0 Å². The van der Waals surface area contributed by atoms with Crippen molar-refractivity contribution < 1.29 is 9.30 Å². The van der Waals surface area contributed by atoms with Gasteiger partial charge in [0.05, 0.1) is 45.8 Å². The van der Waals surface area contributed by atoms with Gasteiger partial charge in [-0.05, 0) is 59.5 Å². The second-order valence-corrected chi connectivity index (χ2v) is 16.1. The van der Waals surface area contributed by atoms with E-state index in [0.717, 1.165) is 50.5 Å². The molecule has 7 heteroatoms. The smallest absolute Gasteiger partial charge is 0.244 e. The average Bonchev–Trinajstić information content (AvgIpc) is 3.91. The van der Waals surface area contributed by atoms with E-state index in [1.165, 1.54) is 54.6 Å². The number of ether oxygens (including phenoxy) is 1. The highest BCUT2D eigenvalue weighted by Gasteiger charge is 2.27. The molecule has 0 aliphatic carbocycles. The lowest BCUT2D eigenvalue weighted by Crippen LogP contribution is -2.29. The van der Waals surface area contributed by atoms with Crippen molar-refractivity contribution in [3.8, 4) is 23.0 Å². The first-order valence-corrected chi connectivity index (χ1v) is 19.2. The number of nitrogens with zero attached hydrogens (tertiary/aromatic N) is 6. The molecule has 11 aromatic rings. The molecule has 0 N–H and O–H groups in total. The quantitative estimate of drug-likeness (QED) is 0.134. The summed E-state index contributed by atoms with van der Waals surface area (Å²) in [6.07, 6.45) is 5.41. The van der Waals surface area contributed by atoms with Crippen LogP contribution in [0.25, 0.3) is 88.0 Å². The molecular weight excluding hydrogens is 689 g/mol. The summed E-state index contributed by atoms with van der Waals surface area (Å²) in [7, 11) is 6.44. The molecule has 0 amide bonds. The number of hydrogen-bond donors (Lipinski definition) is 0. The second-order valence-electron chi connectivity index (χ2n) is 16.1. The van der Waals surface area contributed by atoms with Crippen LogP contribution in [0.3, 0.4) is 0 Å². The summed E-state index contributed by atoms with van der Waals surface area (Å²) < 4.78 is 18.0. The van der Waals surface area contributed by atoms with Crippen molar-refractivity contribution in [3.05, 3.63) is 145 Å². The van der Waals surface area contributed by atoms with Crippen molar-refractivity contribution in [2.45, 2.75) is 26.2 Å². The maximum atomic E-state index is 6.77. The summed E-state index contributed by atoms with van der Waals surface area (Å²) in [5.74, 6) is 2.38. The maximum Gasteiger partial charge on any atom is 0.244 e. The molecule has 6 aromatic carbocycles. The van der Waals surface area contributed by atoms with Crippen LogP contribution in [0, 0.1) is 6.33 Å². The SMILES string of the molecule is Cn1[c-][n+](-c2cccc(Oc3ccc4c5c6c(c7ccccc7n6C)c6c7ccccc7n(C)c6c5n(-c5cc(C(C)(C)C)ccn5)c4c3)c2)c2ccccc21. The number of imidazole rings is 1. The molecule has 5 heterocycles. The third-order valence-electron chi connectivity index (χ3n) is 11.8. The van der Waals surface area contributed by atoms with Crippen LogP contribution in [-0.4, -0.2) is 23.3 Å². The van der Waals surface area contributed by atoms with E-state index in [9.17, 15) is 0 Å². The molecule has 11 rings (SSSR count). The molecule has 0 saturated heterocycles. The number of hydrogen-bond acceptors (Lipinski definition) is 2. The molecule has 7 nitrogen and oxygen atoms in total.